The lowest BCUT2D eigenvalue weighted by molar-refractivity contribution is -0.181. The highest BCUT2D eigenvalue weighted by atomic mass is 16.5. The predicted octanol–water partition coefficient (Wildman–Crippen LogP) is 0.339. The van der Waals surface area contributed by atoms with E-state index in [1.807, 2.05) is 6.92 Å². The van der Waals surface area contributed by atoms with E-state index in [9.17, 15) is 4.79 Å². The normalized spacial score (nSPS) is 24.7. The van der Waals surface area contributed by atoms with Crippen LogP contribution in [-0.2, 0) is 9.53 Å². The Labute approximate surface area is 110 Å². The number of nitrogens with one attached hydrogen (secondary N) is 1. The van der Waals surface area contributed by atoms with Crippen LogP contribution in [0.25, 0.3) is 0 Å². The number of nitrogens with two attached hydrogens (primary N) is 1. The Hall–Kier alpha value is -0.650. The van der Waals surface area contributed by atoms with Crippen molar-refractivity contribution in [1.29, 1.82) is 0 Å². The Bertz CT molecular complexity index is 287. The fourth-order valence-corrected chi connectivity index (χ4v) is 2.83. The molecule has 0 aromatic heterocycles. The van der Waals surface area contributed by atoms with Gasteiger partial charge in [-0.2, -0.15) is 0 Å². The number of carbonyl (C=O) groups is 1. The predicted molar refractivity (Wildman–Crippen MR) is 72.3 cm³/mol. The van der Waals surface area contributed by atoms with E-state index in [0.717, 1.165) is 19.6 Å². The van der Waals surface area contributed by atoms with Gasteiger partial charge in [0.05, 0.1) is 17.2 Å². The molecule has 1 fully saturated rings. The third-order valence-electron chi connectivity index (χ3n) is 3.00. The SMILES string of the molecule is CCNC(CN1CC(C)(C)OC(C)(C)C1)C(N)=O. The average molecular weight is 257 g/mol. The Kier molecular flexibility index (Phi) is 4.75. The summed E-state index contributed by atoms with van der Waals surface area (Å²) in [7, 11) is 0. The molecule has 0 saturated carbocycles. The minimum atomic E-state index is -0.293. The number of hydrogen-bond acceptors (Lipinski definition) is 4. The summed E-state index contributed by atoms with van der Waals surface area (Å²) in [5, 5.41) is 3.13. The number of morpholine rings is 1. The van der Waals surface area contributed by atoms with Crippen LogP contribution in [0.5, 0.6) is 0 Å². The lowest BCUT2D eigenvalue weighted by atomic mass is 9.98. The molecule has 0 spiro atoms. The van der Waals surface area contributed by atoms with Gasteiger partial charge in [-0.3, -0.25) is 9.69 Å². The second kappa shape index (κ2) is 5.55. The smallest absolute Gasteiger partial charge is 0.235 e. The molecule has 1 saturated heterocycles. The van der Waals surface area contributed by atoms with Gasteiger partial charge in [-0.15, -0.1) is 0 Å². The summed E-state index contributed by atoms with van der Waals surface area (Å²) in [6.07, 6.45) is 0. The summed E-state index contributed by atoms with van der Waals surface area (Å²) in [4.78, 5) is 13.6. The minimum Gasteiger partial charge on any atom is -0.368 e. The standard InChI is InChI=1S/C13H27N3O2/c1-6-15-10(11(14)17)7-16-8-12(2,3)18-13(4,5)9-16/h10,15H,6-9H2,1-5H3,(H2,14,17). The van der Waals surface area contributed by atoms with Crippen molar-refractivity contribution in [2.75, 3.05) is 26.2 Å². The van der Waals surface area contributed by atoms with E-state index >= 15 is 0 Å². The Morgan fingerprint density at radius 1 is 1.33 bits per heavy atom. The zero-order valence-electron chi connectivity index (χ0n) is 12.2. The van der Waals surface area contributed by atoms with Crippen molar-refractivity contribution in [3.8, 4) is 0 Å². The van der Waals surface area contributed by atoms with Crippen LogP contribution in [0.4, 0.5) is 0 Å². The first kappa shape index (κ1) is 15.4. The van der Waals surface area contributed by atoms with Crippen LogP contribution in [0.15, 0.2) is 0 Å². The summed E-state index contributed by atoms with van der Waals surface area (Å²) in [5.74, 6) is -0.293. The maximum Gasteiger partial charge on any atom is 0.235 e. The van der Waals surface area contributed by atoms with Gasteiger partial charge in [-0.05, 0) is 34.2 Å². The van der Waals surface area contributed by atoms with Gasteiger partial charge < -0.3 is 15.8 Å². The summed E-state index contributed by atoms with van der Waals surface area (Å²) in [5.41, 5.74) is 5.02. The molecule has 1 unspecified atom stereocenters. The highest BCUT2D eigenvalue weighted by molar-refractivity contribution is 5.80. The Balaban J connectivity index is 2.67. The van der Waals surface area contributed by atoms with E-state index < -0.39 is 0 Å². The second-order valence-electron chi connectivity index (χ2n) is 6.30. The summed E-state index contributed by atoms with van der Waals surface area (Å²) < 4.78 is 6.02. The topological polar surface area (TPSA) is 67.6 Å². The molecular formula is C13H27N3O2. The van der Waals surface area contributed by atoms with Crippen LogP contribution in [0, 0.1) is 0 Å². The molecule has 1 heterocycles. The zero-order valence-corrected chi connectivity index (χ0v) is 12.2. The van der Waals surface area contributed by atoms with Crippen molar-refractivity contribution < 1.29 is 9.53 Å². The molecule has 1 rings (SSSR count). The van der Waals surface area contributed by atoms with Crippen molar-refractivity contribution in [3.63, 3.8) is 0 Å². The first-order valence-electron chi connectivity index (χ1n) is 6.60. The summed E-state index contributed by atoms with van der Waals surface area (Å²) in [6.45, 7) is 13.3. The summed E-state index contributed by atoms with van der Waals surface area (Å²) >= 11 is 0. The van der Waals surface area contributed by atoms with Crippen LogP contribution in [0.1, 0.15) is 34.6 Å². The maximum absolute atomic E-state index is 11.4. The molecule has 18 heavy (non-hydrogen) atoms. The number of amides is 1. The molecule has 1 aliphatic heterocycles. The third kappa shape index (κ3) is 4.55. The van der Waals surface area contributed by atoms with Gasteiger partial charge in [0.2, 0.25) is 5.91 Å². The molecule has 3 N–H and O–H groups in total. The van der Waals surface area contributed by atoms with Crippen LogP contribution in [-0.4, -0.2) is 54.2 Å². The van der Waals surface area contributed by atoms with Crippen LogP contribution < -0.4 is 11.1 Å². The lowest BCUT2D eigenvalue weighted by Crippen LogP contribution is -2.60. The monoisotopic (exact) mass is 257 g/mol. The minimum absolute atomic E-state index is 0.198. The first-order chi connectivity index (χ1) is 8.15. The molecule has 1 atom stereocenters. The van der Waals surface area contributed by atoms with E-state index in [-0.39, 0.29) is 23.2 Å². The molecule has 0 radical (unpaired) electrons. The number of primary amides is 1. The van der Waals surface area contributed by atoms with Gasteiger partial charge in [0.25, 0.3) is 0 Å². The van der Waals surface area contributed by atoms with Gasteiger partial charge in [0.1, 0.15) is 0 Å². The van der Waals surface area contributed by atoms with Gasteiger partial charge in [0.15, 0.2) is 0 Å². The molecule has 0 aromatic rings. The van der Waals surface area contributed by atoms with Crippen molar-refractivity contribution in [2.45, 2.75) is 51.9 Å². The molecule has 5 heteroatoms. The van der Waals surface area contributed by atoms with E-state index in [4.69, 9.17) is 10.5 Å². The van der Waals surface area contributed by atoms with Gasteiger partial charge in [-0.25, -0.2) is 0 Å². The van der Waals surface area contributed by atoms with E-state index in [1.54, 1.807) is 0 Å². The third-order valence-corrected chi connectivity index (χ3v) is 3.00. The number of carbonyl (C=O) groups excluding carboxylic acids is 1. The number of nitrogens with zero attached hydrogens (tertiary/aromatic N) is 1. The second-order valence-corrected chi connectivity index (χ2v) is 6.30. The van der Waals surface area contributed by atoms with Crippen molar-refractivity contribution in [3.05, 3.63) is 0 Å². The fraction of sp³-hybridized carbons (Fsp3) is 0.923. The quantitative estimate of drug-likeness (QED) is 0.745. The van der Waals surface area contributed by atoms with Crippen molar-refractivity contribution >= 4 is 5.91 Å². The van der Waals surface area contributed by atoms with E-state index in [1.165, 1.54) is 0 Å². The average Bonchev–Trinajstić information content (AvgIpc) is 2.11. The highest BCUT2D eigenvalue weighted by Gasteiger charge is 2.38. The maximum atomic E-state index is 11.4. The van der Waals surface area contributed by atoms with Gasteiger partial charge in [-0.1, -0.05) is 6.92 Å². The first-order valence-corrected chi connectivity index (χ1v) is 6.60. The molecule has 5 nitrogen and oxygen atoms in total. The number of rotatable bonds is 5. The van der Waals surface area contributed by atoms with Crippen molar-refractivity contribution in [1.82, 2.24) is 10.2 Å². The molecule has 1 amide bonds. The summed E-state index contributed by atoms with van der Waals surface area (Å²) in [6, 6.07) is -0.292. The van der Waals surface area contributed by atoms with Crippen LogP contribution in [0.2, 0.25) is 0 Å². The van der Waals surface area contributed by atoms with Crippen molar-refractivity contribution in [2.24, 2.45) is 5.73 Å². The highest BCUT2D eigenvalue weighted by Crippen LogP contribution is 2.27. The largest absolute Gasteiger partial charge is 0.368 e. The molecular weight excluding hydrogens is 230 g/mol. The molecule has 0 bridgehead atoms. The number of hydrogen-bond donors (Lipinski definition) is 2. The number of ether oxygens (including phenoxy) is 1. The Morgan fingerprint density at radius 3 is 2.22 bits per heavy atom. The van der Waals surface area contributed by atoms with Gasteiger partial charge in [0, 0.05) is 19.6 Å². The molecule has 0 aliphatic carbocycles. The van der Waals surface area contributed by atoms with Crippen LogP contribution >= 0.6 is 0 Å². The van der Waals surface area contributed by atoms with Gasteiger partial charge >= 0.3 is 0 Å². The van der Waals surface area contributed by atoms with E-state index in [0.29, 0.717) is 6.54 Å². The van der Waals surface area contributed by atoms with E-state index in [2.05, 4.69) is 37.9 Å². The number of likely N-dealkylation sites (N-methyl/N-ethyl adjacent to an activating group) is 1. The fourth-order valence-electron chi connectivity index (χ4n) is 2.83. The zero-order chi connectivity index (χ0) is 14.0. The Morgan fingerprint density at radius 2 is 1.83 bits per heavy atom. The molecule has 0 aromatic carbocycles. The lowest BCUT2D eigenvalue weighted by Gasteiger charge is -2.47. The van der Waals surface area contributed by atoms with Crippen LogP contribution in [0.3, 0.4) is 0 Å². The molecule has 106 valence electrons. The molecule has 1 aliphatic rings.